The minimum absolute atomic E-state index is 0.120. The number of halogens is 3. The molecule has 0 radical (unpaired) electrons. The predicted octanol–water partition coefficient (Wildman–Crippen LogP) is 3.12. The molecule has 0 spiro atoms. The maximum Gasteiger partial charge on any atom is 0.416 e. The predicted molar refractivity (Wildman–Crippen MR) is 85.9 cm³/mol. The molecule has 1 aromatic carbocycles. The molecular formula is C17H15F3N2O3. The van der Waals surface area contributed by atoms with Crippen LogP contribution in [0, 0.1) is 0 Å². The number of nitrogens with one attached hydrogen (secondary N) is 1. The second-order valence-corrected chi connectivity index (χ2v) is 4.90. The normalized spacial score (nSPS) is 11.5. The number of carbonyl (C=O) groups is 1. The van der Waals surface area contributed by atoms with Gasteiger partial charge in [-0.05, 0) is 29.8 Å². The Morgan fingerprint density at radius 1 is 1.20 bits per heavy atom. The van der Waals surface area contributed by atoms with E-state index in [0.29, 0.717) is 17.1 Å². The molecule has 0 saturated heterocycles. The van der Waals surface area contributed by atoms with Gasteiger partial charge in [0.2, 0.25) is 11.8 Å². The van der Waals surface area contributed by atoms with Gasteiger partial charge in [0.05, 0.1) is 24.1 Å². The highest BCUT2D eigenvalue weighted by Crippen LogP contribution is 2.29. The van der Waals surface area contributed by atoms with E-state index in [4.69, 9.17) is 9.84 Å². The zero-order valence-corrected chi connectivity index (χ0v) is 13.0. The highest BCUT2D eigenvalue weighted by Gasteiger charge is 2.29. The fourth-order valence-corrected chi connectivity index (χ4v) is 1.83. The van der Waals surface area contributed by atoms with E-state index in [9.17, 15) is 18.0 Å². The molecule has 2 rings (SSSR count). The number of anilines is 1. The van der Waals surface area contributed by atoms with Crippen LogP contribution in [0.2, 0.25) is 0 Å². The molecule has 25 heavy (non-hydrogen) atoms. The molecule has 0 aliphatic rings. The summed E-state index contributed by atoms with van der Waals surface area (Å²) in [6, 6.07) is 7.57. The Morgan fingerprint density at radius 2 is 1.92 bits per heavy atom. The van der Waals surface area contributed by atoms with Gasteiger partial charge in [0.1, 0.15) is 6.61 Å². The number of nitrogens with zero attached hydrogens (tertiary/aromatic N) is 1. The third-order valence-electron chi connectivity index (χ3n) is 3.01. The maximum absolute atomic E-state index is 12.5. The Hall–Kier alpha value is -2.87. The first-order valence-electron chi connectivity index (χ1n) is 7.24. The van der Waals surface area contributed by atoms with Gasteiger partial charge in [-0.15, -0.1) is 0 Å². The van der Waals surface area contributed by atoms with Gasteiger partial charge in [-0.25, -0.2) is 4.98 Å². The summed E-state index contributed by atoms with van der Waals surface area (Å²) in [4.78, 5) is 15.7. The number of ether oxygens (including phenoxy) is 1. The van der Waals surface area contributed by atoms with Crippen LogP contribution in [-0.2, 0) is 11.0 Å². The highest BCUT2D eigenvalue weighted by atomic mass is 19.4. The average molecular weight is 352 g/mol. The smallest absolute Gasteiger partial charge is 0.416 e. The van der Waals surface area contributed by atoms with Gasteiger partial charge in [0.25, 0.3) is 0 Å². The average Bonchev–Trinajstić information content (AvgIpc) is 2.59. The van der Waals surface area contributed by atoms with Gasteiger partial charge in [-0.2, -0.15) is 13.2 Å². The monoisotopic (exact) mass is 352 g/mol. The highest BCUT2D eigenvalue weighted by molar-refractivity contribution is 6.01. The minimum atomic E-state index is -4.39. The Kier molecular flexibility index (Phi) is 6.13. The maximum atomic E-state index is 12.5. The van der Waals surface area contributed by atoms with Crippen molar-refractivity contribution in [1.82, 2.24) is 4.98 Å². The number of rotatable bonds is 6. The molecule has 132 valence electrons. The number of alkyl halides is 3. The molecule has 0 atom stereocenters. The van der Waals surface area contributed by atoms with E-state index < -0.39 is 17.6 Å². The zero-order chi connectivity index (χ0) is 18.3. The van der Waals surface area contributed by atoms with Crippen molar-refractivity contribution in [3.8, 4) is 5.88 Å². The van der Waals surface area contributed by atoms with Gasteiger partial charge >= 0.3 is 6.18 Å². The van der Waals surface area contributed by atoms with Crippen LogP contribution in [0.5, 0.6) is 5.88 Å². The Morgan fingerprint density at radius 3 is 2.48 bits per heavy atom. The number of aliphatic hydroxyl groups is 1. The van der Waals surface area contributed by atoms with Gasteiger partial charge in [-0.1, -0.05) is 12.1 Å². The van der Waals surface area contributed by atoms with Crippen molar-refractivity contribution in [1.29, 1.82) is 0 Å². The molecule has 1 amide bonds. The molecule has 0 aliphatic carbocycles. The van der Waals surface area contributed by atoms with Crippen LogP contribution in [0.3, 0.4) is 0 Å². The third-order valence-corrected chi connectivity index (χ3v) is 3.01. The van der Waals surface area contributed by atoms with E-state index >= 15 is 0 Å². The zero-order valence-electron chi connectivity index (χ0n) is 13.0. The first kappa shape index (κ1) is 18.5. The van der Waals surface area contributed by atoms with Crippen LogP contribution in [-0.4, -0.2) is 29.2 Å². The van der Waals surface area contributed by atoms with Crippen LogP contribution in [0.25, 0.3) is 6.08 Å². The number of carbonyl (C=O) groups excluding carboxylic acids is 1. The molecular weight excluding hydrogens is 337 g/mol. The number of hydrogen-bond acceptors (Lipinski definition) is 4. The number of aromatic nitrogens is 1. The number of amides is 1. The van der Waals surface area contributed by atoms with E-state index in [-0.39, 0.29) is 13.2 Å². The van der Waals surface area contributed by atoms with Crippen LogP contribution in [0.15, 0.2) is 48.7 Å². The van der Waals surface area contributed by atoms with Gasteiger partial charge in [-0.3, -0.25) is 4.79 Å². The molecule has 0 bridgehead atoms. The lowest BCUT2D eigenvalue weighted by molar-refractivity contribution is -0.137. The summed E-state index contributed by atoms with van der Waals surface area (Å²) in [5.74, 6) is -0.141. The number of benzene rings is 1. The first-order valence-corrected chi connectivity index (χ1v) is 7.24. The summed E-state index contributed by atoms with van der Waals surface area (Å²) >= 11 is 0. The van der Waals surface area contributed by atoms with Gasteiger partial charge < -0.3 is 15.2 Å². The molecule has 2 aromatic rings. The molecule has 8 heteroatoms. The summed E-state index contributed by atoms with van der Waals surface area (Å²) in [6.07, 6.45) is -0.392. The third kappa shape index (κ3) is 5.92. The topological polar surface area (TPSA) is 71.5 Å². The van der Waals surface area contributed by atoms with E-state index in [1.165, 1.54) is 36.5 Å². The lowest BCUT2D eigenvalue weighted by atomic mass is 10.1. The minimum Gasteiger partial charge on any atom is -0.475 e. The number of pyridine rings is 1. The largest absolute Gasteiger partial charge is 0.475 e. The standard InChI is InChI=1S/C17H15F3N2O3/c18-17(19,20)13-4-1-12(2-5-13)3-7-15(24)22-14-6-8-16(21-11-14)25-10-9-23/h1-8,11,23H,9-10H2,(H,22,24). The summed E-state index contributed by atoms with van der Waals surface area (Å²) in [6.45, 7) is -0.0104. The van der Waals surface area contributed by atoms with Crippen molar-refractivity contribution in [2.75, 3.05) is 18.5 Å². The Balaban J connectivity index is 1.92. The Labute approximate surface area is 141 Å². The van der Waals surface area contributed by atoms with Crippen molar-refractivity contribution < 1.29 is 27.8 Å². The molecule has 0 unspecified atom stereocenters. The van der Waals surface area contributed by atoms with Crippen LogP contribution in [0.1, 0.15) is 11.1 Å². The molecule has 0 fully saturated rings. The summed E-state index contributed by atoms with van der Waals surface area (Å²) < 4.78 is 42.5. The lowest BCUT2D eigenvalue weighted by Crippen LogP contribution is -2.08. The Bertz CT molecular complexity index is 726. The van der Waals surface area contributed by atoms with Gasteiger partial charge in [0.15, 0.2) is 0 Å². The SMILES string of the molecule is O=C(C=Cc1ccc(C(F)(F)F)cc1)Nc1ccc(OCCO)nc1. The fraction of sp³-hybridized carbons (Fsp3) is 0.176. The molecule has 0 aliphatic heterocycles. The second kappa shape index (κ2) is 8.29. The van der Waals surface area contributed by atoms with E-state index in [2.05, 4.69) is 10.3 Å². The molecule has 2 N–H and O–H groups in total. The molecule has 1 heterocycles. The van der Waals surface area contributed by atoms with Crippen LogP contribution in [0.4, 0.5) is 18.9 Å². The van der Waals surface area contributed by atoms with Crippen molar-refractivity contribution in [3.05, 3.63) is 59.8 Å². The van der Waals surface area contributed by atoms with Gasteiger partial charge in [0, 0.05) is 12.1 Å². The summed E-state index contributed by atoms with van der Waals surface area (Å²) in [7, 11) is 0. The fourth-order valence-electron chi connectivity index (χ4n) is 1.83. The van der Waals surface area contributed by atoms with Crippen molar-refractivity contribution in [3.63, 3.8) is 0 Å². The van der Waals surface area contributed by atoms with E-state index in [0.717, 1.165) is 12.1 Å². The van der Waals surface area contributed by atoms with Crippen molar-refractivity contribution >= 4 is 17.7 Å². The molecule has 5 nitrogen and oxygen atoms in total. The summed E-state index contributed by atoms with van der Waals surface area (Å²) in [5.41, 5.74) is 0.149. The van der Waals surface area contributed by atoms with Crippen molar-refractivity contribution in [2.24, 2.45) is 0 Å². The molecule has 0 saturated carbocycles. The number of hydrogen-bond donors (Lipinski definition) is 2. The second-order valence-electron chi connectivity index (χ2n) is 4.90. The van der Waals surface area contributed by atoms with Crippen LogP contribution < -0.4 is 10.1 Å². The van der Waals surface area contributed by atoms with E-state index in [1.807, 2.05) is 0 Å². The summed E-state index contributed by atoms with van der Waals surface area (Å²) in [5, 5.41) is 11.2. The van der Waals surface area contributed by atoms with E-state index in [1.54, 1.807) is 6.07 Å². The van der Waals surface area contributed by atoms with Crippen molar-refractivity contribution in [2.45, 2.75) is 6.18 Å². The quantitative estimate of drug-likeness (QED) is 0.784. The van der Waals surface area contributed by atoms with Crippen LogP contribution >= 0.6 is 0 Å². The first-order chi connectivity index (χ1) is 11.9. The number of aliphatic hydroxyl groups excluding tert-OH is 1. The molecule has 1 aromatic heterocycles. The lowest BCUT2D eigenvalue weighted by Gasteiger charge is -2.06.